The van der Waals surface area contributed by atoms with Crippen LogP contribution in [0.3, 0.4) is 0 Å². The molecule has 0 aliphatic carbocycles. The van der Waals surface area contributed by atoms with E-state index in [1.165, 1.54) is 32.5 Å². The monoisotopic (exact) mass is 402 g/mol. The Hall–Kier alpha value is -2.19. The third kappa shape index (κ3) is 4.31. The van der Waals surface area contributed by atoms with Crippen molar-refractivity contribution in [1.29, 1.82) is 0 Å². The van der Waals surface area contributed by atoms with Gasteiger partial charge in [0.1, 0.15) is 11.8 Å². The van der Waals surface area contributed by atoms with Gasteiger partial charge in [-0.25, -0.2) is 13.2 Å². The van der Waals surface area contributed by atoms with Crippen molar-refractivity contribution in [2.24, 2.45) is 5.92 Å². The van der Waals surface area contributed by atoms with Crippen LogP contribution in [0.2, 0.25) is 0 Å². The predicted molar refractivity (Wildman–Crippen MR) is 101 cm³/mol. The minimum Gasteiger partial charge on any atom is -0.497 e. The third-order valence-corrected chi connectivity index (χ3v) is 5.60. The molecule has 0 fully saturated rings. The number of anilines is 1. The van der Waals surface area contributed by atoms with Crippen LogP contribution in [0, 0.1) is 5.92 Å². The highest BCUT2D eigenvalue weighted by Gasteiger charge is 2.39. The largest absolute Gasteiger partial charge is 0.497 e. The maximum atomic E-state index is 13.3. The van der Waals surface area contributed by atoms with Gasteiger partial charge >= 0.3 is 5.97 Å². The minimum atomic E-state index is -3.99. The number of rotatable bonds is 7. The molecule has 9 heteroatoms. The van der Waals surface area contributed by atoms with E-state index in [1.54, 1.807) is 38.2 Å². The summed E-state index contributed by atoms with van der Waals surface area (Å²) in [5.74, 6) is -0.371. The molecule has 0 unspecified atom stereocenters. The van der Waals surface area contributed by atoms with Gasteiger partial charge in [-0.3, -0.25) is 4.31 Å². The smallest absolute Gasteiger partial charge is 0.329 e. The average molecular weight is 403 g/mol. The van der Waals surface area contributed by atoms with Crippen LogP contribution in [0.1, 0.15) is 13.8 Å². The summed E-state index contributed by atoms with van der Waals surface area (Å²) in [6.07, 6.45) is 3.12. The maximum absolute atomic E-state index is 13.3. The maximum Gasteiger partial charge on any atom is 0.329 e. The second kappa shape index (κ2) is 8.95. The van der Waals surface area contributed by atoms with E-state index in [0.29, 0.717) is 11.4 Å². The van der Waals surface area contributed by atoms with Gasteiger partial charge in [0.2, 0.25) is 0 Å². The summed E-state index contributed by atoms with van der Waals surface area (Å²) in [5.41, 5.74) is 0.361. The first-order valence-electron chi connectivity index (χ1n) is 7.72. The molecule has 0 saturated heterocycles. The number of H-pyrrole nitrogens is 1. The quantitative estimate of drug-likeness (QED) is 0.719. The molecule has 0 spiro atoms. The van der Waals surface area contributed by atoms with Crippen LogP contribution in [-0.4, -0.2) is 39.6 Å². The van der Waals surface area contributed by atoms with E-state index in [0.717, 1.165) is 4.31 Å². The van der Waals surface area contributed by atoms with E-state index in [2.05, 4.69) is 4.98 Å². The van der Waals surface area contributed by atoms with Crippen molar-refractivity contribution in [1.82, 2.24) is 4.98 Å². The van der Waals surface area contributed by atoms with Crippen molar-refractivity contribution >= 4 is 34.1 Å². The lowest BCUT2D eigenvalue weighted by molar-refractivity contribution is -0.142. The number of halogens is 1. The van der Waals surface area contributed by atoms with E-state index in [1.807, 2.05) is 0 Å². The normalized spacial score (nSPS) is 12.2. The number of benzene rings is 1. The molecule has 1 aromatic heterocycles. The van der Waals surface area contributed by atoms with E-state index < -0.39 is 22.0 Å². The molecule has 1 N–H and O–H groups in total. The number of aromatic amines is 1. The molecule has 2 aromatic rings. The first-order chi connectivity index (χ1) is 11.8. The lowest BCUT2D eigenvalue weighted by Crippen LogP contribution is -2.48. The molecule has 0 radical (unpaired) electrons. The van der Waals surface area contributed by atoms with Crippen LogP contribution in [0.5, 0.6) is 5.75 Å². The van der Waals surface area contributed by atoms with Crippen molar-refractivity contribution < 1.29 is 22.7 Å². The van der Waals surface area contributed by atoms with Crippen molar-refractivity contribution in [3.63, 3.8) is 0 Å². The van der Waals surface area contributed by atoms with Gasteiger partial charge in [-0.1, -0.05) is 13.8 Å². The van der Waals surface area contributed by atoms with Crippen LogP contribution in [0.15, 0.2) is 47.6 Å². The SMILES string of the molecule is COC(=O)[C@@H](C(C)C)N(c1cc[nH]c1)S(=O)(=O)c1ccc(OC)cc1.Cl. The molecule has 0 saturated carbocycles. The van der Waals surface area contributed by atoms with Crippen molar-refractivity contribution in [2.75, 3.05) is 18.5 Å². The average Bonchev–Trinajstić information content (AvgIpc) is 3.12. The fourth-order valence-corrected chi connectivity index (χ4v) is 4.25. The first-order valence-corrected chi connectivity index (χ1v) is 9.16. The Bertz CT molecular complexity index is 804. The summed E-state index contributed by atoms with van der Waals surface area (Å²) >= 11 is 0. The predicted octanol–water partition coefficient (Wildman–Crippen LogP) is 2.84. The van der Waals surface area contributed by atoms with Gasteiger partial charge in [0, 0.05) is 12.4 Å². The lowest BCUT2D eigenvalue weighted by atomic mass is 10.0. The van der Waals surface area contributed by atoms with Crippen LogP contribution in [0.4, 0.5) is 5.69 Å². The number of sulfonamides is 1. The zero-order valence-corrected chi connectivity index (χ0v) is 16.6. The topological polar surface area (TPSA) is 88.7 Å². The zero-order valence-electron chi connectivity index (χ0n) is 15.0. The highest BCUT2D eigenvalue weighted by molar-refractivity contribution is 7.93. The summed E-state index contributed by atoms with van der Waals surface area (Å²) < 4.78 is 37.5. The van der Waals surface area contributed by atoms with Crippen molar-refractivity contribution in [3.8, 4) is 5.75 Å². The number of nitrogens with zero attached hydrogens (tertiary/aromatic N) is 1. The van der Waals surface area contributed by atoms with Gasteiger partial charge in [-0.05, 0) is 36.2 Å². The third-order valence-electron chi connectivity index (χ3n) is 3.78. The van der Waals surface area contributed by atoms with Gasteiger partial charge in [0.25, 0.3) is 10.0 Å². The molecular weight excluding hydrogens is 380 g/mol. The van der Waals surface area contributed by atoms with Crippen molar-refractivity contribution in [3.05, 3.63) is 42.7 Å². The number of ether oxygens (including phenoxy) is 2. The number of carbonyl (C=O) groups is 1. The number of esters is 1. The number of carbonyl (C=O) groups excluding carboxylic acids is 1. The Balaban J connectivity index is 0.00000338. The summed E-state index contributed by atoms with van der Waals surface area (Å²) in [7, 11) is -1.25. The molecule has 0 aliphatic rings. The number of hydrogen-bond acceptors (Lipinski definition) is 5. The van der Waals surface area contributed by atoms with Crippen LogP contribution < -0.4 is 9.04 Å². The summed E-state index contributed by atoms with van der Waals surface area (Å²) in [4.78, 5) is 15.2. The van der Waals surface area contributed by atoms with E-state index in [4.69, 9.17) is 9.47 Å². The Morgan fingerprint density at radius 1 is 1.12 bits per heavy atom. The Kier molecular flexibility index (Phi) is 7.53. The highest BCUT2D eigenvalue weighted by Crippen LogP contribution is 2.30. The van der Waals surface area contributed by atoms with Crippen LogP contribution in [-0.2, 0) is 19.6 Å². The molecular formula is C17H23ClN2O5S. The number of aromatic nitrogens is 1. The van der Waals surface area contributed by atoms with Crippen LogP contribution in [0.25, 0.3) is 0 Å². The molecule has 0 aliphatic heterocycles. The lowest BCUT2D eigenvalue weighted by Gasteiger charge is -2.32. The fourth-order valence-electron chi connectivity index (χ4n) is 2.52. The Morgan fingerprint density at radius 3 is 2.15 bits per heavy atom. The summed E-state index contributed by atoms with van der Waals surface area (Å²) in [5, 5.41) is 0. The Morgan fingerprint density at radius 2 is 1.73 bits per heavy atom. The first kappa shape index (κ1) is 21.9. The molecule has 1 heterocycles. The molecule has 0 amide bonds. The summed E-state index contributed by atoms with van der Waals surface area (Å²) in [6.45, 7) is 3.54. The van der Waals surface area contributed by atoms with Gasteiger partial charge in [0.15, 0.2) is 0 Å². The molecule has 144 valence electrons. The van der Waals surface area contributed by atoms with Crippen molar-refractivity contribution in [2.45, 2.75) is 24.8 Å². The standard InChI is InChI=1S/C17H22N2O5S.ClH/c1-12(2)16(17(20)24-4)19(13-9-10-18-11-13)25(21,22)15-7-5-14(23-3)6-8-15;/h5-12,16,18H,1-4H3;1H/t16-;/m1./s1. The second-order valence-electron chi connectivity index (χ2n) is 5.76. The van der Waals surface area contributed by atoms with E-state index >= 15 is 0 Å². The number of hydrogen-bond donors (Lipinski definition) is 1. The molecule has 0 bridgehead atoms. The molecule has 26 heavy (non-hydrogen) atoms. The van der Waals surface area contributed by atoms with Gasteiger partial charge in [-0.15, -0.1) is 12.4 Å². The molecule has 1 aromatic carbocycles. The van der Waals surface area contributed by atoms with Gasteiger partial charge in [-0.2, -0.15) is 0 Å². The minimum absolute atomic E-state index is 0. The number of methoxy groups -OCH3 is 2. The van der Waals surface area contributed by atoms with E-state index in [9.17, 15) is 13.2 Å². The summed E-state index contributed by atoms with van der Waals surface area (Å²) in [6, 6.07) is 6.62. The van der Waals surface area contributed by atoms with Gasteiger partial charge in [0.05, 0.1) is 24.8 Å². The zero-order chi connectivity index (χ0) is 18.6. The highest BCUT2D eigenvalue weighted by atomic mass is 35.5. The van der Waals surface area contributed by atoms with E-state index in [-0.39, 0.29) is 23.2 Å². The molecule has 7 nitrogen and oxygen atoms in total. The molecule has 2 rings (SSSR count). The van der Waals surface area contributed by atoms with Gasteiger partial charge < -0.3 is 14.5 Å². The fraction of sp³-hybridized carbons (Fsp3) is 0.353. The molecule has 1 atom stereocenters. The second-order valence-corrected chi connectivity index (χ2v) is 7.57. The Labute approximate surface area is 159 Å². The number of nitrogens with one attached hydrogen (secondary N) is 1. The van der Waals surface area contributed by atoms with Crippen LogP contribution >= 0.6 is 12.4 Å².